The van der Waals surface area contributed by atoms with Crippen molar-refractivity contribution in [3.05, 3.63) is 0 Å². The molecular formula is C16H27F3N2O4S. The van der Waals surface area contributed by atoms with Gasteiger partial charge in [0.05, 0.1) is 24.6 Å². The van der Waals surface area contributed by atoms with E-state index in [2.05, 4.69) is 0 Å². The molecule has 1 aliphatic heterocycles. The van der Waals surface area contributed by atoms with Crippen LogP contribution in [0.5, 0.6) is 0 Å². The van der Waals surface area contributed by atoms with Gasteiger partial charge in [0.25, 0.3) is 0 Å². The number of hydrogen-bond donors (Lipinski definition) is 1. The van der Waals surface area contributed by atoms with Crippen molar-refractivity contribution in [3.8, 4) is 0 Å². The van der Waals surface area contributed by atoms with Crippen LogP contribution in [0.3, 0.4) is 0 Å². The summed E-state index contributed by atoms with van der Waals surface area (Å²) < 4.78 is 62.0. The normalized spacial score (nSPS) is 23.7. The third-order valence-electron chi connectivity index (χ3n) is 5.00. The molecule has 1 N–H and O–H groups in total. The Morgan fingerprint density at radius 2 is 1.77 bits per heavy atom. The number of hydrogen-bond acceptors (Lipinski definition) is 5. The van der Waals surface area contributed by atoms with Crippen molar-refractivity contribution in [2.75, 3.05) is 37.7 Å². The van der Waals surface area contributed by atoms with Gasteiger partial charge in [-0.05, 0) is 25.7 Å². The SMILES string of the molecule is O=C(CN(CCCO)CC(F)(F)F)N(C1CCCC1)C1CCS(=O)(=O)C1. The van der Waals surface area contributed by atoms with Gasteiger partial charge >= 0.3 is 6.18 Å². The third kappa shape index (κ3) is 6.38. The van der Waals surface area contributed by atoms with E-state index in [9.17, 15) is 26.4 Å². The Morgan fingerprint density at radius 3 is 2.27 bits per heavy atom. The van der Waals surface area contributed by atoms with Gasteiger partial charge in [0.15, 0.2) is 9.84 Å². The Morgan fingerprint density at radius 1 is 1.12 bits per heavy atom. The van der Waals surface area contributed by atoms with Crippen LogP contribution in [0.1, 0.15) is 38.5 Å². The van der Waals surface area contributed by atoms with Gasteiger partial charge in [-0.2, -0.15) is 13.2 Å². The number of aliphatic hydroxyl groups excluding tert-OH is 1. The van der Waals surface area contributed by atoms with Crippen LogP contribution in [0.4, 0.5) is 13.2 Å². The summed E-state index contributed by atoms with van der Waals surface area (Å²) >= 11 is 0. The quantitative estimate of drug-likeness (QED) is 0.662. The second-order valence-corrected chi connectivity index (χ2v) is 9.43. The molecule has 1 aliphatic carbocycles. The van der Waals surface area contributed by atoms with Crippen molar-refractivity contribution in [1.82, 2.24) is 9.80 Å². The molecule has 26 heavy (non-hydrogen) atoms. The molecule has 1 atom stereocenters. The maximum atomic E-state index is 12.8. The van der Waals surface area contributed by atoms with Crippen molar-refractivity contribution in [3.63, 3.8) is 0 Å². The predicted octanol–water partition coefficient (Wildman–Crippen LogP) is 1.19. The van der Waals surface area contributed by atoms with Crippen LogP contribution in [0.2, 0.25) is 0 Å². The van der Waals surface area contributed by atoms with Gasteiger partial charge in [0, 0.05) is 25.2 Å². The largest absolute Gasteiger partial charge is 0.401 e. The fraction of sp³-hybridized carbons (Fsp3) is 0.938. The summed E-state index contributed by atoms with van der Waals surface area (Å²) in [7, 11) is -3.20. The van der Waals surface area contributed by atoms with Gasteiger partial charge in [-0.1, -0.05) is 12.8 Å². The van der Waals surface area contributed by atoms with Crippen molar-refractivity contribution in [1.29, 1.82) is 0 Å². The van der Waals surface area contributed by atoms with E-state index in [0.29, 0.717) is 6.42 Å². The number of nitrogens with zero attached hydrogens (tertiary/aromatic N) is 2. The molecule has 0 spiro atoms. The summed E-state index contributed by atoms with van der Waals surface area (Å²) in [5.74, 6) is -0.531. The highest BCUT2D eigenvalue weighted by atomic mass is 32.2. The van der Waals surface area contributed by atoms with E-state index in [1.165, 1.54) is 0 Å². The zero-order valence-corrected chi connectivity index (χ0v) is 15.6. The first-order valence-electron chi connectivity index (χ1n) is 9.03. The molecular weight excluding hydrogens is 373 g/mol. The number of carbonyl (C=O) groups excluding carboxylic acids is 1. The second kappa shape index (κ2) is 8.88. The lowest BCUT2D eigenvalue weighted by Gasteiger charge is -2.36. The molecule has 6 nitrogen and oxygen atoms in total. The number of amides is 1. The molecule has 0 aromatic rings. The Hall–Kier alpha value is -0.870. The molecule has 2 aliphatic rings. The molecule has 0 aromatic heterocycles. The van der Waals surface area contributed by atoms with Crippen LogP contribution in [0.15, 0.2) is 0 Å². The van der Waals surface area contributed by atoms with E-state index >= 15 is 0 Å². The number of carbonyl (C=O) groups is 1. The Balaban J connectivity index is 2.10. The van der Waals surface area contributed by atoms with Gasteiger partial charge < -0.3 is 10.0 Å². The highest BCUT2D eigenvalue weighted by Crippen LogP contribution is 2.29. The fourth-order valence-corrected chi connectivity index (χ4v) is 5.63. The number of alkyl halides is 3. The molecule has 0 bridgehead atoms. The van der Waals surface area contributed by atoms with E-state index in [4.69, 9.17) is 5.11 Å². The van der Waals surface area contributed by atoms with Gasteiger partial charge in [0.2, 0.25) is 5.91 Å². The molecule has 1 amide bonds. The van der Waals surface area contributed by atoms with Gasteiger partial charge in [-0.3, -0.25) is 9.69 Å². The van der Waals surface area contributed by atoms with Gasteiger partial charge in [-0.15, -0.1) is 0 Å². The molecule has 2 fully saturated rings. The number of aliphatic hydroxyl groups is 1. The zero-order valence-electron chi connectivity index (χ0n) is 14.7. The highest BCUT2D eigenvalue weighted by Gasteiger charge is 2.40. The van der Waals surface area contributed by atoms with Crippen molar-refractivity contribution >= 4 is 15.7 Å². The van der Waals surface area contributed by atoms with Crippen molar-refractivity contribution < 1.29 is 31.5 Å². The number of rotatable bonds is 8. The predicted molar refractivity (Wildman–Crippen MR) is 90.4 cm³/mol. The first-order valence-corrected chi connectivity index (χ1v) is 10.8. The van der Waals surface area contributed by atoms with E-state index in [-0.39, 0.29) is 37.1 Å². The van der Waals surface area contributed by atoms with Crippen LogP contribution in [0.25, 0.3) is 0 Å². The monoisotopic (exact) mass is 400 g/mol. The molecule has 2 rings (SSSR count). The summed E-state index contributed by atoms with van der Waals surface area (Å²) in [5.41, 5.74) is 0. The Labute approximate surface area is 152 Å². The average Bonchev–Trinajstić information content (AvgIpc) is 3.14. The van der Waals surface area contributed by atoms with Gasteiger partial charge in [-0.25, -0.2) is 8.42 Å². The fourth-order valence-electron chi connectivity index (χ4n) is 3.92. The van der Waals surface area contributed by atoms with Crippen LogP contribution >= 0.6 is 0 Å². The smallest absolute Gasteiger partial charge is 0.396 e. The molecule has 10 heteroatoms. The lowest BCUT2D eigenvalue weighted by molar-refractivity contribution is -0.153. The first-order chi connectivity index (χ1) is 12.1. The summed E-state index contributed by atoms with van der Waals surface area (Å²) in [5, 5.41) is 8.89. The minimum Gasteiger partial charge on any atom is -0.396 e. The first kappa shape index (κ1) is 21.4. The molecule has 1 unspecified atom stereocenters. The van der Waals surface area contributed by atoms with Crippen LogP contribution < -0.4 is 0 Å². The van der Waals surface area contributed by atoms with Crippen LogP contribution in [-0.4, -0.2) is 85.2 Å². The summed E-state index contributed by atoms with van der Waals surface area (Å²) in [6, 6.07) is -0.535. The summed E-state index contributed by atoms with van der Waals surface area (Å²) in [4.78, 5) is 15.4. The number of sulfone groups is 1. The molecule has 1 saturated carbocycles. The summed E-state index contributed by atoms with van der Waals surface area (Å²) in [6.45, 7) is -1.92. The molecule has 1 saturated heterocycles. The Kier molecular flexibility index (Phi) is 7.32. The van der Waals surface area contributed by atoms with E-state index in [1.807, 2.05) is 0 Å². The minimum atomic E-state index is -4.44. The maximum absolute atomic E-state index is 12.8. The van der Waals surface area contributed by atoms with Crippen molar-refractivity contribution in [2.45, 2.75) is 56.8 Å². The third-order valence-corrected chi connectivity index (χ3v) is 6.75. The topological polar surface area (TPSA) is 77.9 Å². The molecule has 0 radical (unpaired) electrons. The van der Waals surface area contributed by atoms with Crippen molar-refractivity contribution in [2.24, 2.45) is 0 Å². The zero-order chi connectivity index (χ0) is 19.4. The second-order valence-electron chi connectivity index (χ2n) is 7.20. The molecule has 0 aromatic carbocycles. The van der Waals surface area contributed by atoms with Gasteiger partial charge in [0.1, 0.15) is 0 Å². The van der Waals surface area contributed by atoms with E-state index < -0.39 is 41.1 Å². The lowest BCUT2D eigenvalue weighted by Crippen LogP contribution is -2.51. The number of halogens is 3. The van der Waals surface area contributed by atoms with Crippen LogP contribution in [0, 0.1) is 0 Å². The maximum Gasteiger partial charge on any atom is 0.401 e. The molecule has 1 heterocycles. The molecule has 152 valence electrons. The lowest BCUT2D eigenvalue weighted by atomic mass is 10.1. The average molecular weight is 400 g/mol. The minimum absolute atomic E-state index is 0.0188. The standard InChI is InChI=1S/C16H27F3N2O4S/c17-16(18,19)12-20(7-3-8-22)10-15(23)21(13-4-1-2-5-13)14-6-9-26(24,25)11-14/h13-14,22H,1-12H2. The summed E-state index contributed by atoms with van der Waals surface area (Å²) in [6.07, 6.45) is -0.554. The van der Waals surface area contributed by atoms with E-state index in [1.54, 1.807) is 4.90 Å². The van der Waals surface area contributed by atoms with E-state index in [0.717, 1.165) is 30.6 Å². The Bertz CT molecular complexity index is 577. The highest BCUT2D eigenvalue weighted by molar-refractivity contribution is 7.91. The van der Waals surface area contributed by atoms with Crippen LogP contribution in [-0.2, 0) is 14.6 Å².